The van der Waals surface area contributed by atoms with Crippen LogP contribution in [-0.4, -0.2) is 57.3 Å². The fourth-order valence-corrected chi connectivity index (χ4v) is 5.59. The highest BCUT2D eigenvalue weighted by atomic mass is 32.2. The molecular weight excluding hydrogens is 368 g/mol. The van der Waals surface area contributed by atoms with E-state index in [0.29, 0.717) is 49.6 Å². The van der Waals surface area contributed by atoms with E-state index in [1.54, 1.807) is 11.0 Å². The highest BCUT2D eigenvalue weighted by molar-refractivity contribution is 7.91. The molecule has 4 rings (SSSR count). The minimum absolute atomic E-state index is 0.00848. The molecule has 3 aliphatic rings. The number of sulfone groups is 1. The van der Waals surface area contributed by atoms with Gasteiger partial charge in [-0.3, -0.25) is 4.79 Å². The minimum Gasteiger partial charge on any atom is -0.490 e. The Morgan fingerprint density at radius 2 is 1.93 bits per heavy atom. The number of carbonyl (C=O) groups excluding carboxylic acids is 1. The Hall–Kier alpha value is -1.80. The minimum atomic E-state index is -3.57. The van der Waals surface area contributed by atoms with Crippen LogP contribution in [-0.2, 0) is 14.6 Å². The van der Waals surface area contributed by atoms with Gasteiger partial charge in [-0.2, -0.15) is 0 Å². The highest BCUT2D eigenvalue weighted by Crippen LogP contribution is 2.37. The summed E-state index contributed by atoms with van der Waals surface area (Å²) in [5.41, 5.74) is 6.11. The molecule has 2 aliphatic heterocycles. The molecule has 3 atom stereocenters. The predicted molar refractivity (Wildman–Crippen MR) is 99.5 cm³/mol. The molecule has 1 aliphatic carbocycles. The van der Waals surface area contributed by atoms with Crippen LogP contribution in [0.3, 0.4) is 0 Å². The Balaban J connectivity index is 1.39. The van der Waals surface area contributed by atoms with Gasteiger partial charge in [-0.05, 0) is 36.8 Å². The maximum atomic E-state index is 12.7. The van der Waals surface area contributed by atoms with E-state index in [-0.39, 0.29) is 29.0 Å². The van der Waals surface area contributed by atoms with Gasteiger partial charge in [0.2, 0.25) is 5.91 Å². The van der Waals surface area contributed by atoms with Gasteiger partial charge in [0.15, 0.2) is 21.3 Å². The maximum Gasteiger partial charge on any atom is 0.223 e. The summed E-state index contributed by atoms with van der Waals surface area (Å²) in [6, 6.07) is 4.81. The average Bonchev–Trinajstić information content (AvgIpc) is 3.13. The van der Waals surface area contributed by atoms with Gasteiger partial charge in [0.25, 0.3) is 0 Å². The molecule has 0 spiro atoms. The van der Waals surface area contributed by atoms with Gasteiger partial charge in [-0.1, -0.05) is 0 Å². The first-order valence-corrected chi connectivity index (χ1v) is 11.2. The number of benzene rings is 1. The first-order valence-electron chi connectivity index (χ1n) is 9.60. The van der Waals surface area contributed by atoms with Crippen molar-refractivity contribution < 1.29 is 22.7 Å². The van der Waals surface area contributed by atoms with E-state index in [1.807, 2.05) is 0 Å². The Kier molecular flexibility index (Phi) is 5.03. The van der Waals surface area contributed by atoms with Crippen LogP contribution in [0, 0.1) is 11.8 Å². The SMILES string of the molecule is NC1CCC2CN(C(=O)CCS(=O)(=O)c3ccc4c(c3)OCCCO4)CC12. The van der Waals surface area contributed by atoms with Gasteiger partial charge >= 0.3 is 0 Å². The summed E-state index contributed by atoms with van der Waals surface area (Å²) in [6.07, 6.45) is 2.83. The van der Waals surface area contributed by atoms with Crippen LogP contribution < -0.4 is 15.2 Å². The van der Waals surface area contributed by atoms with Gasteiger partial charge in [0.1, 0.15) is 0 Å². The van der Waals surface area contributed by atoms with Crippen LogP contribution in [0.25, 0.3) is 0 Å². The van der Waals surface area contributed by atoms with Gasteiger partial charge in [0, 0.05) is 38.0 Å². The Morgan fingerprint density at radius 3 is 2.70 bits per heavy atom. The zero-order valence-electron chi connectivity index (χ0n) is 15.3. The van der Waals surface area contributed by atoms with Crippen molar-refractivity contribution >= 4 is 15.7 Å². The molecule has 1 amide bonds. The first kappa shape index (κ1) is 18.6. The number of rotatable bonds is 4. The smallest absolute Gasteiger partial charge is 0.223 e. The lowest BCUT2D eigenvalue weighted by Crippen LogP contribution is -2.34. The number of hydrogen-bond acceptors (Lipinski definition) is 6. The fourth-order valence-electron chi connectivity index (χ4n) is 4.35. The summed E-state index contributed by atoms with van der Waals surface area (Å²) in [5, 5.41) is 0. The zero-order valence-corrected chi connectivity index (χ0v) is 16.1. The topological polar surface area (TPSA) is 98.9 Å². The van der Waals surface area contributed by atoms with Gasteiger partial charge in [-0.25, -0.2) is 8.42 Å². The number of nitrogens with zero attached hydrogens (tertiary/aromatic N) is 1. The standard InChI is InChI=1S/C19H26N2O5S/c20-16-4-2-13-11-21(12-15(13)16)19(22)6-9-27(23,24)14-3-5-17-18(10-14)26-8-1-7-25-17/h3,5,10,13,15-16H,1-2,4,6-9,11-12,20H2. The number of carbonyl (C=O) groups is 1. The molecule has 148 valence electrons. The Morgan fingerprint density at radius 1 is 1.15 bits per heavy atom. The van der Waals surface area contributed by atoms with E-state index < -0.39 is 9.84 Å². The quantitative estimate of drug-likeness (QED) is 0.824. The van der Waals surface area contributed by atoms with Crippen molar-refractivity contribution in [1.82, 2.24) is 4.90 Å². The Labute approximate surface area is 159 Å². The van der Waals surface area contributed by atoms with E-state index in [9.17, 15) is 13.2 Å². The number of nitrogens with two attached hydrogens (primary N) is 1. The van der Waals surface area contributed by atoms with E-state index in [2.05, 4.69) is 0 Å². The molecule has 27 heavy (non-hydrogen) atoms. The average molecular weight is 394 g/mol. The van der Waals surface area contributed by atoms with E-state index >= 15 is 0 Å². The van der Waals surface area contributed by atoms with E-state index in [0.717, 1.165) is 19.3 Å². The summed E-state index contributed by atoms with van der Waals surface area (Å²) >= 11 is 0. The fraction of sp³-hybridized carbons (Fsp3) is 0.632. The lowest BCUT2D eigenvalue weighted by Gasteiger charge is -2.19. The molecule has 7 nitrogen and oxygen atoms in total. The molecule has 0 aromatic heterocycles. The van der Waals surface area contributed by atoms with Crippen LogP contribution in [0.5, 0.6) is 11.5 Å². The zero-order chi connectivity index (χ0) is 19.0. The normalized spacial score (nSPS) is 27.3. The van der Waals surface area contributed by atoms with Crippen molar-refractivity contribution in [2.75, 3.05) is 32.1 Å². The maximum absolute atomic E-state index is 12.7. The van der Waals surface area contributed by atoms with E-state index in [4.69, 9.17) is 15.2 Å². The summed E-state index contributed by atoms with van der Waals surface area (Å²) in [6.45, 7) is 2.42. The van der Waals surface area contributed by atoms with E-state index in [1.165, 1.54) is 12.1 Å². The highest BCUT2D eigenvalue weighted by Gasteiger charge is 2.42. The Bertz CT molecular complexity index is 825. The summed E-state index contributed by atoms with van der Waals surface area (Å²) in [5.74, 6) is 1.54. The summed E-state index contributed by atoms with van der Waals surface area (Å²) in [7, 11) is -3.57. The van der Waals surface area contributed by atoms with Crippen LogP contribution >= 0.6 is 0 Å². The van der Waals surface area contributed by atoms with Crippen molar-refractivity contribution in [2.45, 2.75) is 36.6 Å². The second-order valence-electron chi connectivity index (χ2n) is 7.69. The van der Waals surface area contributed by atoms with Crippen molar-refractivity contribution in [3.63, 3.8) is 0 Å². The number of fused-ring (bicyclic) bond motifs is 2. The summed E-state index contributed by atoms with van der Waals surface area (Å²) < 4.78 is 36.5. The number of amides is 1. The van der Waals surface area contributed by atoms with Crippen LogP contribution in [0.15, 0.2) is 23.1 Å². The third-order valence-electron chi connectivity index (χ3n) is 5.93. The van der Waals surface area contributed by atoms with Crippen molar-refractivity contribution in [2.24, 2.45) is 17.6 Å². The van der Waals surface area contributed by atoms with Crippen molar-refractivity contribution in [1.29, 1.82) is 0 Å². The predicted octanol–water partition coefficient (Wildman–Crippen LogP) is 1.21. The molecule has 8 heteroatoms. The number of ether oxygens (including phenoxy) is 2. The third-order valence-corrected chi connectivity index (χ3v) is 7.64. The number of likely N-dealkylation sites (tertiary alicyclic amines) is 1. The lowest BCUT2D eigenvalue weighted by molar-refractivity contribution is -0.130. The van der Waals surface area contributed by atoms with Crippen LogP contribution in [0.4, 0.5) is 0 Å². The molecule has 2 N–H and O–H groups in total. The largest absolute Gasteiger partial charge is 0.490 e. The number of hydrogen-bond donors (Lipinski definition) is 1. The first-order chi connectivity index (χ1) is 12.9. The van der Waals surface area contributed by atoms with Crippen molar-refractivity contribution in [3.8, 4) is 11.5 Å². The van der Waals surface area contributed by atoms with Gasteiger partial charge < -0.3 is 20.1 Å². The van der Waals surface area contributed by atoms with Crippen LogP contribution in [0.2, 0.25) is 0 Å². The second-order valence-corrected chi connectivity index (χ2v) is 9.80. The third kappa shape index (κ3) is 3.78. The molecule has 3 unspecified atom stereocenters. The molecule has 2 heterocycles. The summed E-state index contributed by atoms with van der Waals surface area (Å²) in [4.78, 5) is 14.5. The molecule has 2 fully saturated rings. The molecule has 1 saturated carbocycles. The lowest BCUT2D eigenvalue weighted by atomic mass is 9.98. The molecule has 1 aromatic carbocycles. The molecule has 0 radical (unpaired) electrons. The molecule has 0 bridgehead atoms. The monoisotopic (exact) mass is 394 g/mol. The van der Waals surface area contributed by atoms with Crippen LogP contribution in [0.1, 0.15) is 25.7 Å². The molecule has 1 aromatic rings. The van der Waals surface area contributed by atoms with Gasteiger partial charge in [0.05, 0.1) is 23.9 Å². The molecular formula is C19H26N2O5S. The van der Waals surface area contributed by atoms with Gasteiger partial charge in [-0.15, -0.1) is 0 Å². The molecule has 1 saturated heterocycles. The van der Waals surface area contributed by atoms with Crippen molar-refractivity contribution in [3.05, 3.63) is 18.2 Å². The second kappa shape index (κ2) is 7.31.